The first-order chi connectivity index (χ1) is 18.4. The molecule has 39 heavy (non-hydrogen) atoms. The molecule has 14 heteroatoms. The summed E-state index contributed by atoms with van der Waals surface area (Å²) in [5.74, 6) is -0.413. The molecule has 5 rings (SSSR count). The molecule has 0 radical (unpaired) electrons. The SMILES string of the molecule is Cc1cccc(Oc2cc([NH-])cc([N+](=O)[O-])c2)c1.O=C(O)c1cc2nc(-c3ccco3)cc(C(F)(F)F)n2n1. The number of hydrogen-bond donors (Lipinski definition) is 1. The number of halogens is 3. The predicted octanol–water partition coefficient (Wildman–Crippen LogP) is 7.09. The zero-order chi connectivity index (χ0) is 28.3. The Balaban J connectivity index is 0.000000183. The van der Waals surface area contributed by atoms with E-state index in [1.54, 1.807) is 6.07 Å². The number of rotatable bonds is 5. The molecule has 0 spiro atoms. The van der Waals surface area contributed by atoms with Gasteiger partial charge in [-0.15, -0.1) is 5.69 Å². The molecule has 0 atom stereocenters. The first-order valence-electron chi connectivity index (χ1n) is 10.9. The van der Waals surface area contributed by atoms with Gasteiger partial charge in [-0.25, -0.2) is 14.3 Å². The summed E-state index contributed by atoms with van der Waals surface area (Å²) in [5.41, 5.74) is 6.48. The topological polar surface area (TPSA) is 157 Å². The van der Waals surface area contributed by atoms with Crippen molar-refractivity contribution in [2.45, 2.75) is 13.1 Å². The van der Waals surface area contributed by atoms with Crippen LogP contribution in [0.3, 0.4) is 0 Å². The number of nitro groups is 1. The summed E-state index contributed by atoms with van der Waals surface area (Å²) < 4.78 is 50.2. The molecular weight excluding hydrogens is 523 g/mol. The molecule has 0 unspecified atom stereocenters. The predicted molar refractivity (Wildman–Crippen MR) is 131 cm³/mol. The Morgan fingerprint density at radius 2 is 1.87 bits per heavy atom. The number of nitrogens with zero attached hydrogens (tertiary/aromatic N) is 4. The zero-order valence-electron chi connectivity index (χ0n) is 19.8. The van der Waals surface area contributed by atoms with E-state index in [1.807, 2.05) is 25.1 Å². The Labute approximate surface area is 217 Å². The lowest BCUT2D eigenvalue weighted by Crippen LogP contribution is -2.14. The average Bonchev–Trinajstić information content (AvgIpc) is 3.53. The van der Waals surface area contributed by atoms with Crippen molar-refractivity contribution in [3.05, 3.63) is 106 Å². The number of non-ortho nitro benzene ring substituents is 1. The molecule has 0 aliphatic heterocycles. The van der Waals surface area contributed by atoms with Gasteiger partial charge in [-0.05, 0) is 48.9 Å². The van der Waals surface area contributed by atoms with Gasteiger partial charge in [-0.2, -0.15) is 18.3 Å². The fourth-order valence-corrected chi connectivity index (χ4v) is 3.39. The number of furan rings is 1. The molecule has 0 fully saturated rings. The van der Waals surface area contributed by atoms with Crippen molar-refractivity contribution in [3.63, 3.8) is 0 Å². The van der Waals surface area contributed by atoms with Crippen LogP contribution in [0.25, 0.3) is 22.8 Å². The lowest BCUT2D eigenvalue weighted by Gasteiger charge is -2.09. The summed E-state index contributed by atoms with van der Waals surface area (Å²) >= 11 is 0. The van der Waals surface area contributed by atoms with Gasteiger partial charge in [-0.3, -0.25) is 10.1 Å². The van der Waals surface area contributed by atoms with Gasteiger partial charge in [-0.1, -0.05) is 12.1 Å². The quantitative estimate of drug-likeness (QED) is 0.183. The van der Waals surface area contributed by atoms with Crippen molar-refractivity contribution < 1.29 is 37.1 Å². The summed E-state index contributed by atoms with van der Waals surface area (Å²) in [6.07, 6.45) is -3.42. The Kier molecular flexibility index (Phi) is 7.20. The number of ether oxygens (including phenoxy) is 1. The van der Waals surface area contributed by atoms with E-state index in [-0.39, 0.29) is 28.5 Å². The highest BCUT2D eigenvalue weighted by Gasteiger charge is 2.36. The number of carboxylic acids is 1. The second-order valence-corrected chi connectivity index (χ2v) is 8.00. The standard InChI is InChI=1S/C13H11N2O3.C12H6F3N3O3/c1-9-3-2-4-12(5-9)18-13-7-10(14)6-11(8-13)15(16)17;13-12(14,15)9-4-6(8-2-1-3-21-8)16-10-5-7(11(19)20)17-18(9)10/h2-8,14H,1H3;1-5H,(H,19,20)/q-1;. The summed E-state index contributed by atoms with van der Waals surface area (Å²) in [5, 5.41) is 22.9. The smallest absolute Gasteiger partial charge is 0.433 e. The third-order valence-corrected chi connectivity index (χ3v) is 5.04. The van der Waals surface area contributed by atoms with Crippen molar-refractivity contribution in [1.82, 2.24) is 14.6 Å². The fourth-order valence-electron chi connectivity index (χ4n) is 3.39. The highest BCUT2D eigenvalue weighted by atomic mass is 19.4. The molecule has 2 N–H and O–H groups in total. The van der Waals surface area contributed by atoms with Crippen LogP contribution in [0.1, 0.15) is 21.7 Å². The van der Waals surface area contributed by atoms with Crippen molar-refractivity contribution >= 4 is 23.0 Å². The first kappa shape index (κ1) is 26.7. The maximum absolute atomic E-state index is 13.1. The highest BCUT2D eigenvalue weighted by Crippen LogP contribution is 2.33. The lowest BCUT2D eigenvalue weighted by molar-refractivity contribution is -0.384. The number of aromatic nitrogens is 3. The number of nitrogens with one attached hydrogen (secondary N) is 1. The second-order valence-electron chi connectivity index (χ2n) is 8.00. The van der Waals surface area contributed by atoms with E-state index in [1.165, 1.54) is 36.6 Å². The van der Waals surface area contributed by atoms with Gasteiger partial charge in [0.25, 0.3) is 5.69 Å². The number of carboxylic acid groups (broad SMARTS) is 1. The van der Waals surface area contributed by atoms with E-state index < -0.39 is 28.5 Å². The van der Waals surface area contributed by atoms with Gasteiger partial charge in [0, 0.05) is 12.1 Å². The van der Waals surface area contributed by atoms with Gasteiger partial charge in [0.05, 0.1) is 17.3 Å². The molecule has 0 saturated carbocycles. The van der Waals surface area contributed by atoms with Crippen molar-refractivity contribution in [3.8, 4) is 23.0 Å². The molecule has 0 aliphatic carbocycles. The van der Waals surface area contributed by atoms with Crippen LogP contribution in [0, 0.1) is 17.0 Å². The molecule has 2 aromatic carbocycles. The second kappa shape index (κ2) is 10.5. The molecule has 3 heterocycles. The molecule has 11 nitrogen and oxygen atoms in total. The molecule has 0 aliphatic rings. The van der Waals surface area contributed by atoms with Crippen LogP contribution in [0.5, 0.6) is 11.5 Å². The summed E-state index contributed by atoms with van der Waals surface area (Å²) in [6.45, 7) is 1.93. The Bertz CT molecular complexity index is 1670. The average molecular weight is 540 g/mol. The van der Waals surface area contributed by atoms with Crippen LogP contribution in [0.4, 0.5) is 24.5 Å². The number of nitro benzene ring substituents is 1. The van der Waals surface area contributed by atoms with E-state index in [2.05, 4.69) is 10.1 Å². The number of benzene rings is 2. The minimum Gasteiger partial charge on any atom is -0.698 e. The fraction of sp³-hybridized carbons (Fsp3) is 0.0800. The van der Waals surface area contributed by atoms with Crippen LogP contribution < -0.4 is 4.74 Å². The van der Waals surface area contributed by atoms with Crippen LogP contribution >= 0.6 is 0 Å². The van der Waals surface area contributed by atoms with Crippen LogP contribution in [-0.2, 0) is 6.18 Å². The van der Waals surface area contributed by atoms with Crippen molar-refractivity contribution in [2.75, 3.05) is 0 Å². The number of carbonyl (C=O) groups is 1. The molecule has 0 bridgehead atoms. The highest BCUT2D eigenvalue weighted by molar-refractivity contribution is 5.86. The number of aryl methyl sites for hydroxylation is 1. The van der Waals surface area contributed by atoms with Crippen molar-refractivity contribution in [1.29, 1.82) is 0 Å². The number of aromatic carboxylic acids is 1. The number of alkyl halides is 3. The summed E-state index contributed by atoms with van der Waals surface area (Å²) in [7, 11) is 0. The Hall–Kier alpha value is -5.40. The maximum atomic E-state index is 13.1. The molecule has 3 aromatic heterocycles. The van der Waals surface area contributed by atoms with Gasteiger partial charge < -0.3 is 20.0 Å². The van der Waals surface area contributed by atoms with E-state index in [0.717, 1.165) is 17.7 Å². The molecule has 0 saturated heterocycles. The summed E-state index contributed by atoms with van der Waals surface area (Å²) in [6, 6.07) is 16.0. The van der Waals surface area contributed by atoms with Crippen LogP contribution in [-0.4, -0.2) is 30.6 Å². The first-order valence-corrected chi connectivity index (χ1v) is 10.9. The minimum atomic E-state index is -4.72. The van der Waals surface area contributed by atoms with Gasteiger partial charge in [0.2, 0.25) is 0 Å². The monoisotopic (exact) mass is 540 g/mol. The maximum Gasteiger partial charge on any atom is 0.433 e. The van der Waals surface area contributed by atoms with Crippen molar-refractivity contribution in [2.24, 2.45) is 0 Å². The lowest BCUT2D eigenvalue weighted by atomic mass is 10.2. The number of fused-ring (bicyclic) bond motifs is 1. The normalized spacial score (nSPS) is 11.1. The van der Waals surface area contributed by atoms with Crippen LogP contribution in [0.15, 0.2) is 77.4 Å². The molecule has 5 aromatic rings. The minimum absolute atomic E-state index is 0.0480. The summed E-state index contributed by atoms with van der Waals surface area (Å²) in [4.78, 5) is 24.9. The van der Waals surface area contributed by atoms with Gasteiger partial charge in [0.1, 0.15) is 17.2 Å². The van der Waals surface area contributed by atoms with E-state index in [9.17, 15) is 28.1 Å². The zero-order valence-corrected chi connectivity index (χ0v) is 19.8. The Morgan fingerprint density at radius 3 is 2.49 bits per heavy atom. The van der Waals surface area contributed by atoms with E-state index >= 15 is 0 Å². The molecule has 0 amide bonds. The molecular formula is C25H17F3N5O6-. The number of hydrogen-bond acceptors (Lipinski definition) is 7. The van der Waals surface area contributed by atoms with Gasteiger partial charge in [0.15, 0.2) is 22.8 Å². The van der Waals surface area contributed by atoms with E-state index in [4.69, 9.17) is 20.0 Å². The van der Waals surface area contributed by atoms with Crippen LogP contribution in [0.2, 0.25) is 0 Å². The molecule has 200 valence electrons. The van der Waals surface area contributed by atoms with Gasteiger partial charge >= 0.3 is 12.1 Å². The Morgan fingerprint density at radius 1 is 1.10 bits per heavy atom. The third-order valence-electron chi connectivity index (χ3n) is 5.04. The largest absolute Gasteiger partial charge is 0.698 e. The third kappa shape index (κ3) is 6.30. The van der Waals surface area contributed by atoms with E-state index in [0.29, 0.717) is 16.0 Å².